The maximum Gasteiger partial charge on any atom is 0.0631 e. The average molecular weight is 326 g/mol. The third-order valence-corrected chi connectivity index (χ3v) is 5.61. The summed E-state index contributed by atoms with van der Waals surface area (Å²) in [5.74, 6) is 0. The van der Waals surface area contributed by atoms with Crippen LogP contribution >= 0.6 is 0 Å². The van der Waals surface area contributed by atoms with Gasteiger partial charge >= 0.3 is 0 Å². The summed E-state index contributed by atoms with van der Waals surface area (Å²) in [6, 6.07) is 27.3. The van der Waals surface area contributed by atoms with E-state index in [9.17, 15) is 0 Å². The van der Waals surface area contributed by atoms with Gasteiger partial charge in [0.2, 0.25) is 0 Å². The zero-order chi connectivity index (χ0) is 16.8. The molecule has 2 heterocycles. The number of hydrogen-bond donors (Lipinski definition) is 1. The molecule has 0 amide bonds. The molecule has 0 aliphatic carbocycles. The number of nitrogens with one attached hydrogen (secondary N) is 1. The fourth-order valence-electron chi connectivity index (χ4n) is 4.40. The lowest BCUT2D eigenvalue weighted by Crippen LogP contribution is -2.30. The molecule has 2 heteroatoms. The molecule has 1 N–H and O–H groups in total. The molecule has 5 rings (SSSR count). The Labute approximate surface area is 148 Å². The average Bonchev–Trinajstić information content (AvgIpc) is 3.01. The number of aromatic nitrogens is 1. The second kappa shape index (κ2) is 5.66. The van der Waals surface area contributed by atoms with Gasteiger partial charge in [0, 0.05) is 33.5 Å². The minimum atomic E-state index is 0.368. The van der Waals surface area contributed by atoms with E-state index in [0.717, 1.165) is 12.8 Å². The fraction of sp³-hybridized carbons (Fsp3) is 0.217. The van der Waals surface area contributed by atoms with Crippen LogP contribution in [0.5, 0.6) is 0 Å². The van der Waals surface area contributed by atoms with E-state index in [4.69, 9.17) is 0 Å². The normalized spacial score (nSPS) is 19.7. The highest BCUT2D eigenvalue weighted by Crippen LogP contribution is 2.41. The van der Waals surface area contributed by atoms with Crippen molar-refractivity contribution in [1.82, 2.24) is 4.57 Å². The van der Waals surface area contributed by atoms with Gasteiger partial charge < -0.3 is 9.88 Å². The van der Waals surface area contributed by atoms with Crippen molar-refractivity contribution in [3.05, 3.63) is 78.4 Å². The third-order valence-electron chi connectivity index (χ3n) is 5.61. The van der Waals surface area contributed by atoms with Crippen molar-refractivity contribution in [2.45, 2.75) is 31.8 Å². The number of rotatable bonds is 2. The monoisotopic (exact) mass is 326 g/mol. The molecule has 25 heavy (non-hydrogen) atoms. The molecule has 0 radical (unpaired) electrons. The van der Waals surface area contributed by atoms with Crippen LogP contribution in [0, 0.1) is 0 Å². The van der Waals surface area contributed by atoms with E-state index in [-0.39, 0.29) is 0 Å². The summed E-state index contributed by atoms with van der Waals surface area (Å²) in [5.41, 5.74) is 5.35. The van der Waals surface area contributed by atoms with Crippen LogP contribution in [0.15, 0.2) is 72.8 Å². The van der Waals surface area contributed by atoms with E-state index in [0.29, 0.717) is 12.1 Å². The molecule has 0 saturated carbocycles. The molecule has 2 atom stereocenters. The van der Waals surface area contributed by atoms with Crippen molar-refractivity contribution in [3.8, 4) is 0 Å². The molecule has 0 spiro atoms. The molecule has 3 aromatic carbocycles. The van der Waals surface area contributed by atoms with E-state index in [2.05, 4.69) is 89.6 Å². The summed E-state index contributed by atoms with van der Waals surface area (Å²) >= 11 is 0. The van der Waals surface area contributed by atoms with Crippen LogP contribution < -0.4 is 5.32 Å². The van der Waals surface area contributed by atoms with Gasteiger partial charge in [0.25, 0.3) is 0 Å². The third kappa shape index (κ3) is 2.17. The van der Waals surface area contributed by atoms with Crippen molar-refractivity contribution in [3.63, 3.8) is 0 Å². The van der Waals surface area contributed by atoms with E-state index < -0.39 is 0 Å². The Morgan fingerprint density at radius 1 is 0.840 bits per heavy atom. The molecule has 1 aliphatic rings. The van der Waals surface area contributed by atoms with Crippen molar-refractivity contribution in [2.75, 3.05) is 5.32 Å². The van der Waals surface area contributed by atoms with Crippen molar-refractivity contribution in [2.24, 2.45) is 0 Å². The smallest absolute Gasteiger partial charge is 0.0631 e. The maximum atomic E-state index is 3.72. The highest BCUT2D eigenvalue weighted by molar-refractivity contribution is 6.08. The van der Waals surface area contributed by atoms with Crippen LogP contribution in [-0.2, 0) is 0 Å². The molecule has 0 bridgehead atoms. The van der Waals surface area contributed by atoms with Gasteiger partial charge in [0.15, 0.2) is 0 Å². The Morgan fingerprint density at radius 3 is 2.12 bits per heavy atom. The number of fused-ring (bicyclic) bond motifs is 4. The standard InChI is InChI=1S/C23H22N2/c1-2-16-15-23(19-11-3-6-12-20(19)24-16)25-21-13-7-4-9-17(21)18-10-5-8-14-22(18)25/h3-14,16,23-24H,2,15H2,1H3. The highest BCUT2D eigenvalue weighted by atomic mass is 15.1. The molecular formula is C23H22N2. The molecular weight excluding hydrogens is 304 g/mol. The Hall–Kier alpha value is -2.74. The summed E-state index contributed by atoms with van der Waals surface area (Å²) in [4.78, 5) is 0. The van der Waals surface area contributed by atoms with Crippen LogP contribution in [0.3, 0.4) is 0 Å². The minimum Gasteiger partial charge on any atom is -0.382 e. The van der Waals surface area contributed by atoms with Crippen LogP contribution in [0.2, 0.25) is 0 Å². The van der Waals surface area contributed by atoms with Crippen LogP contribution in [-0.4, -0.2) is 10.6 Å². The first kappa shape index (κ1) is 14.6. The number of para-hydroxylation sites is 3. The maximum absolute atomic E-state index is 3.72. The molecule has 0 fully saturated rings. The lowest BCUT2D eigenvalue weighted by atomic mass is 9.91. The van der Waals surface area contributed by atoms with Gasteiger partial charge in [0.1, 0.15) is 0 Å². The zero-order valence-corrected chi connectivity index (χ0v) is 14.4. The number of hydrogen-bond acceptors (Lipinski definition) is 1. The second-order valence-corrected chi connectivity index (χ2v) is 6.99. The quantitative estimate of drug-likeness (QED) is 0.479. The van der Waals surface area contributed by atoms with Gasteiger partial charge in [-0.15, -0.1) is 0 Å². The van der Waals surface area contributed by atoms with Crippen molar-refractivity contribution < 1.29 is 0 Å². The predicted octanol–water partition coefficient (Wildman–Crippen LogP) is 5.98. The number of benzene rings is 3. The van der Waals surface area contributed by atoms with Crippen molar-refractivity contribution >= 4 is 27.5 Å². The SMILES string of the molecule is CCC1CC(n2c3ccccc3c3ccccc32)c2ccccc2N1. The first-order valence-corrected chi connectivity index (χ1v) is 9.20. The highest BCUT2D eigenvalue weighted by Gasteiger charge is 2.28. The molecule has 1 aliphatic heterocycles. The van der Waals surface area contributed by atoms with Crippen molar-refractivity contribution in [1.29, 1.82) is 0 Å². The van der Waals surface area contributed by atoms with Gasteiger partial charge in [0.05, 0.1) is 6.04 Å². The van der Waals surface area contributed by atoms with Crippen LogP contribution in [0.1, 0.15) is 31.4 Å². The van der Waals surface area contributed by atoms with Gasteiger partial charge in [-0.2, -0.15) is 0 Å². The number of anilines is 1. The fourth-order valence-corrected chi connectivity index (χ4v) is 4.40. The summed E-state index contributed by atoms with van der Waals surface area (Å²) in [5, 5.41) is 6.42. The van der Waals surface area contributed by atoms with Gasteiger partial charge in [-0.05, 0) is 36.6 Å². The van der Waals surface area contributed by atoms with E-state index in [1.807, 2.05) is 0 Å². The summed E-state index contributed by atoms with van der Waals surface area (Å²) in [6.07, 6.45) is 2.26. The Balaban J connectivity index is 1.83. The van der Waals surface area contributed by atoms with Crippen LogP contribution in [0.4, 0.5) is 5.69 Å². The molecule has 1 aromatic heterocycles. The van der Waals surface area contributed by atoms with Gasteiger partial charge in [-0.3, -0.25) is 0 Å². The van der Waals surface area contributed by atoms with Gasteiger partial charge in [-0.25, -0.2) is 0 Å². The summed E-state index contributed by atoms with van der Waals surface area (Å²) in [6.45, 7) is 2.27. The lowest BCUT2D eigenvalue weighted by molar-refractivity contribution is 0.486. The topological polar surface area (TPSA) is 17.0 Å². The summed E-state index contributed by atoms with van der Waals surface area (Å²) < 4.78 is 2.56. The van der Waals surface area contributed by atoms with Gasteiger partial charge in [-0.1, -0.05) is 61.5 Å². The Bertz CT molecular complexity index is 1010. The van der Waals surface area contributed by atoms with Crippen LogP contribution in [0.25, 0.3) is 21.8 Å². The predicted molar refractivity (Wildman–Crippen MR) is 106 cm³/mol. The first-order chi connectivity index (χ1) is 12.4. The first-order valence-electron chi connectivity index (χ1n) is 9.20. The Kier molecular flexibility index (Phi) is 3.30. The molecule has 4 aromatic rings. The van der Waals surface area contributed by atoms with E-state index in [1.54, 1.807) is 0 Å². The molecule has 124 valence electrons. The minimum absolute atomic E-state index is 0.368. The summed E-state index contributed by atoms with van der Waals surface area (Å²) in [7, 11) is 0. The molecule has 0 saturated heterocycles. The Morgan fingerprint density at radius 2 is 1.44 bits per heavy atom. The largest absolute Gasteiger partial charge is 0.382 e. The molecule has 2 unspecified atom stereocenters. The number of nitrogens with zero attached hydrogens (tertiary/aromatic N) is 1. The van der Waals surface area contributed by atoms with E-state index >= 15 is 0 Å². The zero-order valence-electron chi connectivity index (χ0n) is 14.4. The van der Waals surface area contributed by atoms with E-state index in [1.165, 1.54) is 33.1 Å². The molecule has 2 nitrogen and oxygen atoms in total. The lowest BCUT2D eigenvalue weighted by Gasteiger charge is -2.34. The second-order valence-electron chi connectivity index (χ2n) is 6.99.